The summed E-state index contributed by atoms with van der Waals surface area (Å²) in [7, 11) is 0. The average Bonchev–Trinajstić information content (AvgIpc) is 2.96. The second kappa shape index (κ2) is 24.9. The lowest BCUT2D eigenvalue weighted by Gasteiger charge is -2.24. The number of aliphatic hydroxyl groups excluding tert-OH is 1. The molecule has 13 nitrogen and oxygen atoms in total. The monoisotopic (exact) mass is 639 g/mol. The Labute approximate surface area is 262 Å². The molecule has 0 fully saturated rings. The molecular formula is C30H45N3O10S-2. The number of ketones is 1. The summed E-state index contributed by atoms with van der Waals surface area (Å²) < 4.78 is 0. The van der Waals surface area contributed by atoms with Crippen LogP contribution >= 0.6 is 11.8 Å². The molecule has 44 heavy (non-hydrogen) atoms. The Kier molecular flexibility index (Phi) is 22.9. The zero-order valence-electron chi connectivity index (χ0n) is 25.2. The van der Waals surface area contributed by atoms with E-state index in [1.165, 1.54) is 0 Å². The van der Waals surface area contributed by atoms with E-state index in [-0.39, 0.29) is 50.1 Å². The largest absolute Gasteiger partial charge is 0.550 e. The Hall–Kier alpha value is -3.49. The van der Waals surface area contributed by atoms with Crippen molar-refractivity contribution in [3.8, 4) is 0 Å². The molecule has 0 aromatic heterocycles. The molecule has 0 unspecified atom stereocenters. The van der Waals surface area contributed by atoms with Gasteiger partial charge in [-0.25, -0.2) is 0 Å². The third-order valence-corrected chi connectivity index (χ3v) is 7.59. The van der Waals surface area contributed by atoms with Gasteiger partial charge in [0.15, 0.2) is 0 Å². The first-order valence-corrected chi connectivity index (χ1v) is 15.7. The van der Waals surface area contributed by atoms with Crippen LogP contribution in [0.3, 0.4) is 0 Å². The highest BCUT2D eigenvalue weighted by Gasteiger charge is 2.25. The summed E-state index contributed by atoms with van der Waals surface area (Å²) in [5, 5.41) is 47.1. The molecule has 0 aromatic rings. The van der Waals surface area contributed by atoms with E-state index in [4.69, 9.17) is 0 Å². The second-order valence-electron chi connectivity index (χ2n) is 10.1. The van der Waals surface area contributed by atoms with Crippen molar-refractivity contribution < 1.29 is 54.9 Å². The molecule has 0 aliphatic heterocycles. The Morgan fingerprint density at radius 1 is 0.886 bits per heavy atom. The standard InChI is InChI=1S/C30H47N3O10S/c1-2-3-4-5-6-8-12-21(34)13-9-7-10-15-25(24(35)14-11-16-27(37)38)44-20-23(29(41)32-19-28(39)40)33-26(36)18-17-22(31)30(42)43/h6-10,15,22-25,35H,2-5,11-14,16-20,31H2,1H3,(H,32,41)(H,33,36)(H,37,38)(H,39,40)(H,42,43)/p-2/b8-6-,9-7+,15-10+/t22-,23-,24-,25+/m0/s1. The SMILES string of the molecule is CCCCC/C=C\CC(=O)C/C=C/C=C/[C@@H](SC[C@H](NC(=O)CC[C@H]([NH3+])C(=O)[O-])C(=O)NCC(=O)[O-])[C@@H](O)CCCC(=O)[O-]. The van der Waals surface area contributed by atoms with Gasteiger partial charge in [0, 0.05) is 42.7 Å². The first-order valence-electron chi connectivity index (χ1n) is 14.7. The molecular weight excluding hydrogens is 594 g/mol. The highest BCUT2D eigenvalue weighted by Crippen LogP contribution is 2.22. The number of rotatable bonds is 26. The van der Waals surface area contributed by atoms with E-state index in [2.05, 4.69) is 23.3 Å². The molecule has 6 N–H and O–H groups in total. The van der Waals surface area contributed by atoms with Crippen molar-refractivity contribution in [2.24, 2.45) is 0 Å². The van der Waals surface area contributed by atoms with E-state index < -0.39 is 59.7 Å². The fourth-order valence-electron chi connectivity index (χ4n) is 3.66. The number of hydrogen-bond donors (Lipinski definition) is 4. The number of unbranched alkanes of at least 4 members (excludes halogenated alkanes) is 3. The van der Waals surface area contributed by atoms with E-state index in [0.29, 0.717) is 6.42 Å². The predicted octanol–water partition coefficient (Wildman–Crippen LogP) is -2.54. The third-order valence-electron chi connectivity index (χ3n) is 6.21. The van der Waals surface area contributed by atoms with Crippen molar-refractivity contribution in [2.45, 2.75) is 101 Å². The van der Waals surface area contributed by atoms with E-state index in [1.807, 2.05) is 12.2 Å². The number of allylic oxidation sites excluding steroid dienone is 5. The van der Waals surface area contributed by atoms with Crippen LogP contribution in [0.2, 0.25) is 0 Å². The number of aliphatic carboxylic acids is 3. The summed E-state index contributed by atoms with van der Waals surface area (Å²) in [5.74, 6) is -5.88. The van der Waals surface area contributed by atoms with Gasteiger partial charge in [0.05, 0.1) is 24.6 Å². The number of quaternary nitrogens is 1. The molecule has 0 spiro atoms. The van der Waals surface area contributed by atoms with Gasteiger partial charge in [0.25, 0.3) is 0 Å². The van der Waals surface area contributed by atoms with Crippen LogP contribution in [-0.2, 0) is 28.8 Å². The summed E-state index contributed by atoms with van der Waals surface area (Å²) in [4.78, 5) is 69.5. The Balaban J connectivity index is 5.40. The minimum absolute atomic E-state index is 0.0283. The number of aliphatic hydroxyl groups is 1. The van der Waals surface area contributed by atoms with Crippen molar-refractivity contribution in [3.05, 3.63) is 36.5 Å². The van der Waals surface area contributed by atoms with Gasteiger partial charge in [0.1, 0.15) is 17.9 Å². The Bertz CT molecular complexity index is 1020. The van der Waals surface area contributed by atoms with Crippen molar-refractivity contribution >= 4 is 47.3 Å². The van der Waals surface area contributed by atoms with Crippen molar-refractivity contribution in [1.29, 1.82) is 0 Å². The number of carbonyl (C=O) groups is 6. The van der Waals surface area contributed by atoms with Gasteiger partial charge in [-0.3, -0.25) is 14.4 Å². The van der Waals surface area contributed by atoms with Gasteiger partial charge >= 0.3 is 0 Å². The molecule has 0 heterocycles. The number of carboxylic acids is 3. The number of carbonyl (C=O) groups excluding carboxylic acids is 6. The minimum atomic E-state index is -1.55. The summed E-state index contributed by atoms with van der Waals surface area (Å²) >= 11 is 1.05. The molecule has 0 aromatic carbocycles. The lowest BCUT2D eigenvalue weighted by atomic mass is 10.1. The van der Waals surface area contributed by atoms with Crippen molar-refractivity contribution in [1.82, 2.24) is 10.6 Å². The highest BCUT2D eigenvalue weighted by atomic mass is 32.2. The van der Waals surface area contributed by atoms with Crippen LogP contribution in [-0.4, -0.2) is 76.3 Å². The maximum absolute atomic E-state index is 12.6. The Morgan fingerprint density at radius 2 is 1.59 bits per heavy atom. The third kappa shape index (κ3) is 22.1. The van der Waals surface area contributed by atoms with Gasteiger partial charge < -0.3 is 51.2 Å². The van der Waals surface area contributed by atoms with Crippen molar-refractivity contribution in [3.63, 3.8) is 0 Å². The zero-order chi connectivity index (χ0) is 33.3. The van der Waals surface area contributed by atoms with Gasteiger partial charge in [-0.2, -0.15) is 0 Å². The minimum Gasteiger partial charge on any atom is -0.550 e. The molecule has 14 heteroatoms. The van der Waals surface area contributed by atoms with Gasteiger partial charge in [-0.15, -0.1) is 11.8 Å². The van der Waals surface area contributed by atoms with Crippen LogP contribution in [0.4, 0.5) is 0 Å². The van der Waals surface area contributed by atoms with Crippen LogP contribution in [0.5, 0.6) is 0 Å². The molecule has 0 radical (unpaired) electrons. The summed E-state index contributed by atoms with van der Waals surface area (Å²) in [6, 6.07) is -2.41. The quantitative estimate of drug-likeness (QED) is 0.0436. The predicted molar refractivity (Wildman–Crippen MR) is 158 cm³/mol. The number of carboxylic acid groups (broad SMARTS) is 3. The van der Waals surface area contributed by atoms with Crippen LogP contribution in [0.15, 0.2) is 36.5 Å². The molecule has 0 aliphatic carbocycles. The highest BCUT2D eigenvalue weighted by molar-refractivity contribution is 8.00. The smallest absolute Gasteiger partial charge is 0.243 e. The normalized spacial score (nSPS) is 14.3. The molecule has 2 amide bonds. The average molecular weight is 640 g/mol. The number of amides is 2. The first-order chi connectivity index (χ1) is 20.9. The van der Waals surface area contributed by atoms with Crippen LogP contribution in [0.1, 0.15) is 77.6 Å². The van der Waals surface area contributed by atoms with Crippen LogP contribution in [0, 0.1) is 0 Å². The van der Waals surface area contributed by atoms with Gasteiger partial charge in [-0.1, -0.05) is 56.2 Å². The fourth-order valence-corrected chi connectivity index (χ4v) is 4.87. The lowest BCUT2D eigenvalue weighted by Crippen LogP contribution is -2.68. The maximum atomic E-state index is 12.6. The van der Waals surface area contributed by atoms with Crippen LogP contribution in [0.25, 0.3) is 0 Å². The molecule has 0 aliphatic rings. The van der Waals surface area contributed by atoms with Crippen molar-refractivity contribution in [2.75, 3.05) is 12.3 Å². The number of hydrogen-bond acceptors (Lipinski definition) is 11. The number of nitrogens with one attached hydrogen (secondary N) is 2. The zero-order valence-corrected chi connectivity index (χ0v) is 26.0. The summed E-state index contributed by atoms with van der Waals surface area (Å²) in [6.07, 6.45) is 13.6. The number of Topliss-reactive ketones (excluding diaryl/α,β-unsaturated/α-hetero) is 1. The summed E-state index contributed by atoms with van der Waals surface area (Å²) in [5.41, 5.74) is 3.36. The van der Waals surface area contributed by atoms with E-state index in [9.17, 15) is 49.2 Å². The first kappa shape index (κ1) is 40.5. The second-order valence-corrected chi connectivity index (χ2v) is 11.3. The Morgan fingerprint density at radius 3 is 2.23 bits per heavy atom. The molecule has 0 bridgehead atoms. The van der Waals surface area contributed by atoms with Gasteiger partial charge in [-0.05, 0) is 32.1 Å². The number of thioether (sulfide) groups is 1. The summed E-state index contributed by atoms with van der Waals surface area (Å²) in [6.45, 7) is 1.31. The van der Waals surface area contributed by atoms with E-state index in [1.54, 1.807) is 24.3 Å². The topological polar surface area (TPSA) is 244 Å². The maximum Gasteiger partial charge on any atom is 0.243 e. The molecule has 0 saturated heterocycles. The van der Waals surface area contributed by atoms with E-state index in [0.717, 1.165) is 37.4 Å². The molecule has 4 atom stereocenters. The van der Waals surface area contributed by atoms with Crippen LogP contribution < -0.4 is 31.7 Å². The lowest BCUT2D eigenvalue weighted by molar-refractivity contribution is -0.438. The molecule has 0 rings (SSSR count). The van der Waals surface area contributed by atoms with E-state index >= 15 is 0 Å². The fraction of sp³-hybridized carbons (Fsp3) is 0.600. The molecule has 248 valence electrons. The van der Waals surface area contributed by atoms with Gasteiger partial charge in [0.2, 0.25) is 11.8 Å². The molecule has 0 saturated carbocycles.